The number of rotatable bonds is 4. The van der Waals surface area contributed by atoms with Crippen LogP contribution in [-0.2, 0) is 20.9 Å². The van der Waals surface area contributed by atoms with E-state index in [0.29, 0.717) is 24.4 Å². The molecule has 3 unspecified atom stereocenters. The fourth-order valence-corrected chi connectivity index (χ4v) is 4.08. The number of amides is 2. The number of hydrogen-bond acceptors (Lipinski definition) is 3. The molecular weight excluding hydrogens is 388 g/mol. The molecule has 1 heterocycles. The zero-order valence-corrected chi connectivity index (χ0v) is 16.7. The van der Waals surface area contributed by atoms with Gasteiger partial charge in [0.05, 0.1) is 6.04 Å². The lowest BCUT2D eigenvalue weighted by molar-refractivity contribution is -0.134. The second kappa shape index (κ2) is 8.70. The second-order valence-corrected chi connectivity index (χ2v) is 7.89. The number of carbonyl (C=O) groups is 2. The largest absolute Gasteiger partial charge is 0.483 e. The molecule has 150 valence electrons. The van der Waals surface area contributed by atoms with Gasteiger partial charge >= 0.3 is 0 Å². The summed E-state index contributed by atoms with van der Waals surface area (Å²) < 4.78 is 5.98. The highest BCUT2D eigenvalue weighted by atomic mass is 35.5. The van der Waals surface area contributed by atoms with Gasteiger partial charge in [-0.05, 0) is 42.5 Å². The Labute approximate surface area is 175 Å². The van der Waals surface area contributed by atoms with E-state index in [-0.39, 0.29) is 35.6 Å². The van der Waals surface area contributed by atoms with Gasteiger partial charge in [0, 0.05) is 17.5 Å². The molecule has 4 rings (SSSR count). The summed E-state index contributed by atoms with van der Waals surface area (Å²) in [6.45, 7) is 0.512. The fraction of sp³-hybridized carbons (Fsp3) is 0.304. The summed E-state index contributed by atoms with van der Waals surface area (Å²) in [5.41, 5.74) is 1.81. The van der Waals surface area contributed by atoms with E-state index in [1.807, 2.05) is 48.5 Å². The lowest BCUT2D eigenvalue weighted by atomic mass is 9.82. The number of morpholine rings is 1. The molecule has 1 saturated heterocycles. The van der Waals surface area contributed by atoms with Crippen LogP contribution in [0.5, 0.6) is 0 Å². The summed E-state index contributed by atoms with van der Waals surface area (Å²) in [5, 5.41) is 6.58. The van der Waals surface area contributed by atoms with Crippen molar-refractivity contribution < 1.29 is 14.3 Å². The van der Waals surface area contributed by atoms with Crippen molar-refractivity contribution in [3.05, 3.63) is 76.5 Å². The van der Waals surface area contributed by atoms with E-state index < -0.39 is 0 Å². The smallest absolute Gasteiger partial charge is 0.286 e. The molecule has 2 amide bonds. The van der Waals surface area contributed by atoms with Gasteiger partial charge in [-0.25, -0.2) is 0 Å². The predicted octanol–water partition coefficient (Wildman–Crippen LogP) is 3.68. The summed E-state index contributed by atoms with van der Waals surface area (Å²) in [5.74, 6) is -0.0974. The maximum atomic E-state index is 12.6. The van der Waals surface area contributed by atoms with Crippen LogP contribution in [0.3, 0.4) is 0 Å². The van der Waals surface area contributed by atoms with E-state index in [9.17, 15) is 9.59 Å². The minimum atomic E-state index is -0.267. The number of fused-ring (bicyclic) bond motifs is 1. The zero-order chi connectivity index (χ0) is 20.2. The number of ether oxygens (including phenoxy) is 1. The molecule has 29 heavy (non-hydrogen) atoms. The summed E-state index contributed by atoms with van der Waals surface area (Å²) in [4.78, 5) is 25.1. The van der Waals surface area contributed by atoms with Crippen LogP contribution in [0, 0.1) is 5.92 Å². The van der Waals surface area contributed by atoms with Crippen LogP contribution >= 0.6 is 11.6 Å². The minimum Gasteiger partial charge on any atom is -0.483 e. The Kier molecular flexibility index (Phi) is 5.86. The molecule has 2 aromatic rings. The molecule has 2 aromatic carbocycles. The van der Waals surface area contributed by atoms with Gasteiger partial charge < -0.3 is 15.4 Å². The Morgan fingerprint density at radius 3 is 2.69 bits per heavy atom. The first kappa shape index (κ1) is 19.5. The molecule has 1 saturated carbocycles. The van der Waals surface area contributed by atoms with Crippen LogP contribution in [-0.4, -0.2) is 24.0 Å². The van der Waals surface area contributed by atoms with Crippen LogP contribution in [0.1, 0.15) is 30.4 Å². The Bertz CT molecular complexity index is 929. The highest BCUT2D eigenvalue weighted by molar-refractivity contribution is 6.32. The van der Waals surface area contributed by atoms with Gasteiger partial charge in [-0.3, -0.25) is 9.59 Å². The normalized spacial score (nSPS) is 24.9. The molecule has 0 spiro atoms. The van der Waals surface area contributed by atoms with Crippen molar-refractivity contribution in [3.63, 3.8) is 0 Å². The maximum Gasteiger partial charge on any atom is 0.286 e. The van der Waals surface area contributed by atoms with Crippen LogP contribution in [0.4, 0.5) is 0 Å². The Morgan fingerprint density at radius 2 is 1.90 bits per heavy atom. The molecular formula is C23H23ClN2O3. The third-order valence-electron chi connectivity index (χ3n) is 5.48. The molecule has 2 N–H and O–H groups in total. The van der Waals surface area contributed by atoms with Crippen molar-refractivity contribution in [2.75, 3.05) is 0 Å². The van der Waals surface area contributed by atoms with Crippen LogP contribution in [0.2, 0.25) is 5.02 Å². The van der Waals surface area contributed by atoms with E-state index in [4.69, 9.17) is 16.3 Å². The molecule has 6 heteroatoms. The van der Waals surface area contributed by atoms with E-state index in [0.717, 1.165) is 17.5 Å². The topological polar surface area (TPSA) is 67.4 Å². The molecule has 0 bridgehead atoms. The number of benzene rings is 2. The SMILES string of the molecule is O=C1NC2CC(C(=O)NCc3ccccc3)CCC2O/C1=C/c1ccccc1Cl. The van der Waals surface area contributed by atoms with Gasteiger partial charge in [0.2, 0.25) is 5.91 Å². The molecule has 3 atom stereocenters. The van der Waals surface area contributed by atoms with Crippen molar-refractivity contribution in [2.24, 2.45) is 5.92 Å². The van der Waals surface area contributed by atoms with Crippen molar-refractivity contribution in [2.45, 2.75) is 38.0 Å². The number of hydrogen-bond donors (Lipinski definition) is 2. The third-order valence-corrected chi connectivity index (χ3v) is 5.82. The standard InChI is InChI=1S/C23H23ClN2O3/c24-18-9-5-4-8-16(18)13-21-23(28)26-19-12-17(10-11-20(19)29-21)22(27)25-14-15-6-2-1-3-7-15/h1-9,13,17,19-20H,10-12,14H2,(H,25,27)(H,26,28)/b21-13+. The van der Waals surface area contributed by atoms with Gasteiger partial charge in [0.15, 0.2) is 5.76 Å². The number of nitrogens with one attached hydrogen (secondary N) is 2. The van der Waals surface area contributed by atoms with Gasteiger partial charge in [0.25, 0.3) is 5.91 Å². The van der Waals surface area contributed by atoms with Crippen LogP contribution < -0.4 is 10.6 Å². The molecule has 2 fully saturated rings. The van der Waals surface area contributed by atoms with E-state index in [1.54, 1.807) is 12.1 Å². The Morgan fingerprint density at radius 1 is 1.14 bits per heavy atom. The van der Waals surface area contributed by atoms with Crippen molar-refractivity contribution in [3.8, 4) is 0 Å². The molecule has 0 aromatic heterocycles. The number of halogens is 1. The quantitative estimate of drug-likeness (QED) is 0.755. The maximum absolute atomic E-state index is 12.6. The van der Waals surface area contributed by atoms with Gasteiger partial charge in [-0.1, -0.05) is 60.1 Å². The highest BCUT2D eigenvalue weighted by Crippen LogP contribution is 2.32. The zero-order valence-electron chi connectivity index (χ0n) is 15.9. The Hall–Kier alpha value is -2.79. The van der Waals surface area contributed by atoms with Gasteiger partial charge in [0.1, 0.15) is 6.10 Å². The first-order valence-corrected chi connectivity index (χ1v) is 10.2. The molecule has 1 aliphatic heterocycles. The van der Waals surface area contributed by atoms with Crippen molar-refractivity contribution >= 4 is 29.5 Å². The molecule has 1 aliphatic carbocycles. The summed E-state index contributed by atoms with van der Waals surface area (Å²) >= 11 is 6.18. The fourth-order valence-electron chi connectivity index (χ4n) is 3.89. The first-order chi connectivity index (χ1) is 14.1. The molecule has 2 aliphatic rings. The highest BCUT2D eigenvalue weighted by Gasteiger charge is 2.40. The lowest BCUT2D eigenvalue weighted by Crippen LogP contribution is -2.54. The molecule has 0 radical (unpaired) electrons. The van der Waals surface area contributed by atoms with Gasteiger partial charge in [-0.2, -0.15) is 0 Å². The lowest BCUT2D eigenvalue weighted by Gasteiger charge is -2.39. The third kappa shape index (κ3) is 4.62. The second-order valence-electron chi connectivity index (χ2n) is 7.48. The van der Waals surface area contributed by atoms with Crippen molar-refractivity contribution in [1.29, 1.82) is 0 Å². The van der Waals surface area contributed by atoms with Crippen LogP contribution in [0.15, 0.2) is 60.4 Å². The van der Waals surface area contributed by atoms with E-state index in [2.05, 4.69) is 10.6 Å². The summed E-state index contributed by atoms with van der Waals surface area (Å²) in [7, 11) is 0. The molecule has 5 nitrogen and oxygen atoms in total. The van der Waals surface area contributed by atoms with E-state index >= 15 is 0 Å². The number of carbonyl (C=O) groups excluding carboxylic acids is 2. The minimum absolute atomic E-state index is 0.0268. The predicted molar refractivity (Wildman–Crippen MR) is 112 cm³/mol. The summed E-state index contributed by atoms with van der Waals surface area (Å²) in [6, 6.07) is 17.0. The summed E-state index contributed by atoms with van der Waals surface area (Å²) in [6.07, 6.45) is 3.58. The van der Waals surface area contributed by atoms with E-state index in [1.165, 1.54) is 0 Å². The monoisotopic (exact) mass is 410 g/mol. The van der Waals surface area contributed by atoms with Crippen LogP contribution in [0.25, 0.3) is 6.08 Å². The Balaban J connectivity index is 1.36. The van der Waals surface area contributed by atoms with Crippen molar-refractivity contribution in [1.82, 2.24) is 10.6 Å². The van der Waals surface area contributed by atoms with Gasteiger partial charge in [-0.15, -0.1) is 0 Å². The first-order valence-electron chi connectivity index (χ1n) is 9.85. The average molecular weight is 411 g/mol. The average Bonchev–Trinajstić information content (AvgIpc) is 2.74.